The van der Waals surface area contributed by atoms with E-state index < -0.39 is 35.6 Å². The molecule has 0 radical (unpaired) electrons. The van der Waals surface area contributed by atoms with Gasteiger partial charge in [-0.25, -0.2) is 0 Å². The Morgan fingerprint density at radius 3 is 2.36 bits per heavy atom. The van der Waals surface area contributed by atoms with Crippen LogP contribution in [0.15, 0.2) is 86.0 Å². The standard InChI is InChI=1S/C36H44BrN3O5/c1-4-7-14-21-38(19-5-2)35(44)32-36-23-28(37)31(45-36)29(33(42)39(20-6-3)26-17-12-9-13-18-26)30(36)34(43)40(32)27(24-41)22-25-15-10-8-11-16-25/h5-6,8-13,15-18,27-32,41H,2-4,7,14,19-24H2,1H3/t27-,28?,29-,30+,31-,32?,36?/m1/s1. The Morgan fingerprint density at radius 2 is 1.73 bits per heavy atom. The number of likely N-dealkylation sites (tertiary alicyclic amines) is 1. The number of aliphatic hydroxyl groups excluding tert-OH is 1. The molecule has 2 aromatic rings. The zero-order chi connectivity index (χ0) is 32.1. The van der Waals surface area contributed by atoms with Gasteiger partial charge in [0.25, 0.3) is 0 Å². The molecule has 240 valence electrons. The van der Waals surface area contributed by atoms with Crippen molar-refractivity contribution >= 4 is 39.3 Å². The number of anilines is 1. The summed E-state index contributed by atoms with van der Waals surface area (Å²) < 4.78 is 6.79. The number of unbranched alkanes of at least 4 members (excludes halogenated alkanes) is 2. The molecular weight excluding hydrogens is 634 g/mol. The summed E-state index contributed by atoms with van der Waals surface area (Å²) >= 11 is 3.79. The van der Waals surface area contributed by atoms with Crippen molar-refractivity contribution in [3.05, 3.63) is 91.5 Å². The number of alkyl halides is 1. The minimum Gasteiger partial charge on any atom is -0.394 e. The van der Waals surface area contributed by atoms with E-state index in [-0.39, 0.29) is 35.7 Å². The molecule has 0 aromatic heterocycles. The number of para-hydroxylation sites is 1. The van der Waals surface area contributed by atoms with Crippen LogP contribution in [0.25, 0.3) is 0 Å². The molecule has 3 unspecified atom stereocenters. The highest BCUT2D eigenvalue weighted by atomic mass is 79.9. The lowest BCUT2D eigenvalue weighted by Crippen LogP contribution is -2.59. The van der Waals surface area contributed by atoms with Crippen LogP contribution in [0.5, 0.6) is 0 Å². The van der Waals surface area contributed by atoms with Gasteiger partial charge >= 0.3 is 0 Å². The first-order chi connectivity index (χ1) is 21.8. The Kier molecular flexibility index (Phi) is 10.6. The molecular formula is C36H44BrN3O5. The topological polar surface area (TPSA) is 90.4 Å². The van der Waals surface area contributed by atoms with Crippen molar-refractivity contribution in [3.63, 3.8) is 0 Å². The molecule has 2 bridgehead atoms. The van der Waals surface area contributed by atoms with Crippen LogP contribution in [0.4, 0.5) is 5.69 Å². The average Bonchev–Trinajstić information content (AvgIpc) is 3.65. The first-order valence-electron chi connectivity index (χ1n) is 16.0. The van der Waals surface area contributed by atoms with Gasteiger partial charge in [0.2, 0.25) is 17.7 Å². The molecule has 45 heavy (non-hydrogen) atoms. The molecule has 5 rings (SSSR count). The zero-order valence-electron chi connectivity index (χ0n) is 26.0. The molecule has 3 heterocycles. The van der Waals surface area contributed by atoms with E-state index in [1.165, 1.54) is 0 Å². The number of hydrogen-bond donors (Lipinski definition) is 1. The van der Waals surface area contributed by atoms with Gasteiger partial charge in [0.1, 0.15) is 11.6 Å². The number of fused-ring (bicyclic) bond motifs is 1. The van der Waals surface area contributed by atoms with Gasteiger partial charge in [0.05, 0.1) is 30.6 Å². The molecule has 3 aliphatic heterocycles. The number of nitrogens with zero attached hydrogens (tertiary/aromatic N) is 3. The van der Waals surface area contributed by atoms with Crippen LogP contribution in [0.3, 0.4) is 0 Å². The lowest BCUT2D eigenvalue weighted by atomic mass is 9.70. The summed E-state index contributed by atoms with van der Waals surface area (Å²) in [5, 5.41) is 10.8. The minimum atomic E-state index is -1.22. The van der Waals surface area contributed by atoms with Crippen LogP contribution in [-0.2, 0) is 25.5 Å². The van der Waals surface area contributed by atoms with Crippen molar-refractivity contribution in [3.8, 4) is 0 Å². The van der Waals surface area contributed by atoms with Crippen molar-refractivity contribution in [2.24, 2.45) is 11.8 Å². The van der Waals surface area contributed by atoms with Gasteiger partial charge in [-0.05, 0) is 37.0 Å². The van der Waals surface area contributed by atoms with Crippen LogP contribution < -0.4 is 4.90 Å². The molecule has 9 heteroatoms. The van der Waals surface area contributed by atoms with E-state index in [2.05, 4.69) is 36.0 Å². The Morgan fingerprint density at radius 1 is 1.07 bits per heavy atom. The van der Waals surface area contributed by atoms with Crippen molar-refractivity contribution < 1.29 is 24.2 Å². The third kappa shape index (κ3) is 6.14. The predicted octanol–water partition coefficient (Wildman–Crippen LogP) is 4.76. The van der Waals surface area contributed by atoms with Gasteiger partial charge in [0, 0.05) is 30.1 Å². The Labute approximate surface area is 274 Å². The number of benzene rings is 2. The number of rotatable bonds is 15. The fraction of sp³-hybridized carbons (Fsp3) is 0.472. The lowest BCUT2D eigenvalue weighted by molar-refractivity contribution is -0.151. The molecule has 1 N–H and O–H groups in total. The van der Waals surface area contributed by atoms with E-state index in [0.717, 1.165) is 24.8 Å². The van der Waals surface area contributed by atoms with E-state index in [4.69, 9.17) is 4.74 Å². The van der Waals surface area contributed by atoms with Crippen LogP contribution >= 0.6 is 15.9 Å². The second-order valence-corrected chi connectivity index (χ2v) is 13.5. The first kappa shape index (κ1) is 33.1. The summed E-state index contributed by atoms with van der Waals surface area (Å²) in [6.45, 7) is 10.6. The quantitative estimate of drug-likeness (QED) is 0.167. The number of carbonyl (C=O) groups excluding carboxylic acids is 3. The van der Waals surface area contributed by atoms with Gasteiger partial charge in [-0.2, -0.15) is 0 Å². The summed E-state index contributed by atoms with van der Waals surface area (Å²) in [6, 6.07) is 17.3. The highest BCUT2D eigenvalue weighted by molar-refractivity contribution is 9.09. The number of aliphatic hydroxyl groups is 1. The second-order valence-electron chi connectivity index (χ2n) is 12.3. The lowest BCUT2D eigenvalue weighted by Gasteiger charge is -2.39. The molecule has 0 aliphatic carbocycles. The molecule has 0 saturated carbocycles. The Bertz CT molecular complexity index is 1370. The molecule has 3 saturated heterocycles. The van der Waals surface area contributed by atoms with E-state index in [1.807, 2.05) is 60.7 Å². The summed E-state index contributed by atoms with van der Waals surface area (Å²) in [5.41, 5.74) is 0.414. The third-order valence-corrected chi connectivity index (χ3v) is 10.3. The van der Waals surface area contributed by atoms with Crippen molar-refractivity contribution in [1.29, 1.82) is 0 Å². The monoisotopic (exact) mass is 677 g/mol. The van der Waals surface area contributed by atoms with Crippen LogP contribution in [0, 0.1) is 11.8 Å². The molecule has 3 fully saturated rings. The van der Waals surface area contributed by atoms with Gasteiger partial charge in [-0.15, -0.1) is 13.2 Å². The van der Waals surface area contributed by atoms with E-state index in [9.17, 15) is 19.5 Å². The third-order valence-electron chi connectivity index (χ3n) is 9.50. The van der Waals surface area contributed by atoms with Gasteiger partial charge < -0.3 is 24.5 Å². The summed E-state index contributed by atoms with van der Waals surface area (Å²) in [6.07, 6.45) is 6.33. The maximum Gasteiger partial charge on any atom is 0.248 e. The molecule has 2 aromatic carbocycles. The number of ether oxygens (including phenoxy) is 1. The van der Waals surface area contributed by atoms with Crippen LogP contribution in [0.1, 0.15) is 38.2 Å². The maximum absolute atomic E-state index is 14.8. The number of halogens is 1. The maximum atomic E-state index is 14.8. The molecule has 3 amide bonds. The normalized spacial score (nSPS) is 27.2. The second kappa shape index (κ2) is 14.4. The molecule has 8 nitrogen and oxygen atoms in total. The van der Waals surface area contributed by atoms with Gasteiger partial charge in [-0.3, -0.25) is 14.4 Å². The van der Waals surface area contributed by atoms with Crippen molar-refractivity contribution in [2.45, 2.75) is 67.6 Å². The summed E-state index contributed by atoms with van der Waals surface area (Å²) in [7, 11) is 0. The fourth-order valence-electron chi connectivity index (χ4n) is 7.57. The van der Waals surface area contributed by atoms with E-state index in [0.29, 0.717) is 31.6 Å². The Balaban J connectivity index is 1.59. The highest BCUT2D eigenvalue weighted by Crippen LogP contribution is 2.61. The zero-order valence-corrected chi connectivity index (χ0v) is 27.6. The van der Waals surface area contributed by atoms with Crippen molar-refractivity contribution in [1.82, 2.24) is 9.80 Å². The fourth-order valence-corrected chi connectivity index (χ4v) is 8.51. The number of hydrogen-bond acceptors (Lipinski definition) is 5. The van der Waals surface area contributed by atoms with E-state index >= 15 is 0 Å². The SMILES string of the molecule is C=CCN(CCCCC)C(=O)C1N([C@@H](CO)Cc2ccccc2)C(=O)[C@@H]2[C@@H](C(=O)N(CC=C)c3ccccc3)[C@@H]3OC12CC3Br. The van der Waals surface area contributed by atoms with Crippen molar-refractivity contribution in [2.75, 3.05) is 31.1 Å². The minimum absolute atomic E-state index is 0.229. The predicted molar refractivity (Wildman–Crippen MR) is 179 cm³/mol. The number of amides is 3. The van der Waals surface area contributed by atoms with E-state index in [1.54, 1.807) is 26.9 Å². The molecule has 1 spiro atoms. The smallest absolute Gasteiger partial charge is 0.248 e. The number of carbonyl (C=O) groups is 3. The Hall–Kier alpha value is -3.27. The van der Waals surface area contributed by atoms with Gasteiger partial charge in [0.15, 0.2) is 0 Å². The largest absolute Gasteiger partial charge is 0.394 e. The van der Waals surface area contributed by atoms with Gasteiger partial charge in [-0.1, -0.05) is 96.4 Å². The summed E-state index contributed by atoms with van der Waals surface area (Å²) in [4.78, 5) is 48.8. The van der Waals surface area contributed by atoms with Crippen LogP contribution in [-0.4, -0.2) is 87.5 Å². The first-order valence-corrected chi connectivity index (χ1v) is 16.9. The molecule has 7 atom stereocenters. The average molecular weight is 679 g/mol. The summed E-state index contributed by atoms with van der Waals surface area (Å²) in [5.74, 6) is -2.48. The highest BCUT2D eigenvalue weighted by Gasteiger charge is 2.77. The van der Waals surface area contributed by atoms with Crippen LogP contribution in [0.2, 0.25) is 0 Å². The molecule has 3 aliphatic rings.